The van der Waals surface area contributed by atoms with Gasteiger partial charge in [-0.2, -0.15) is 0 Å². The summed E-state index contributed by atoms with van der Waals surface area (Å²) in [5, 5.41) is 3.82. The van der Waals surface area contributed by atoms with Crippen LogP contribution in [-0.2, 0) is 4.74 Å². The minimum absolute atomic E-state index is 0. The Balaban J connectivity index is 0.00000392. The number of hydrogen-bond acceptors (Lipinski definition) is 4. The SMILES string of the molecule is CCOC(=O)N1CCC(NC(N)=NCC(CC)Oc2ccccc2Cl)CC1.I. The zero-order valence-electron chi connectivity index (χ0n) is 16.4. The van der Waals surface area contributed by atoms with Crippen LogP contribution in [0.25, 0.3) is 0 Å². The van der Waals surface area contributed by atoms with Crippen molar-refractivity contribution in [3.05, 3.63) is 29.3 Å². The van der Waals surface area contributed by atoms with E-state index in [1.165, 1.54) is 0 Å². The lowest BCUT2D eigenvalue weighted by atomic mass is 10.1. The first-order valence-electron chi connectivity index (χ1n) is 9.42. The van der Waals surface area contributed by atoms with Gasteiger partial charge >= 0.3 is 6.09 Å². The van der Waals surface area contributed by atoms with Gasteiger partial charge in [-0.25, -0.2) is 9.79 Å². The molecule has 1 fully saturated rings. The van der Waals surface area contributed by atoms with E-state index >= 15 is 0 Å². The Hall–Kier alpha value is -1.42. The lowest BCUT2D eigenvalue weighted by molar-refractivity contribution is 0.0963. The normalized spacial score (nSPS) is 16.1. The van der Waals surface area contributed by atoms with Gasteiger partial charge in [0, 0.05) is 19.1 Å². The van der Waals surface area contributed by atoms with E-state index in [0.29, 0.717) is 43.0 Å². The van der Waals surface area contributed by atoms with Crippen molar-refractivity contribution in [2.75, 3.05) is 26.2 Å². The quantitative estimate of drug-likeness (QED) is 0.323. The number of nitrogens with two attached hydrogens (primary N) is 1. The molecule has 158 valence electrons. The molecule has 0 saturated carbocycles. The molecule has 0 aliphatic carbocycles. The summed E-state index contributed by atoms with van der Waals surface area (Å²) in [7, 11) is 0. The van der Waals surface area contributed by atoms with Crippen LogP contribution >= 0.6 is 35.6 Å². The van der Waals surface area contributed by atoms with E-state index in [9.17, 15) is 4.79 Å². The number of amides is 1. The van der Waals surface area contributed by atoms with Crippen LogP contribution in [0, 0.1) is 0 Å². The van der Waals surface area contributed by atoms with E-state index in [1.54, 1.807) is 11.0 Å². The van der Waals surface area contributed by atoms with Gasteiger partial charge in [-0.3, -0.25) is 0 Å². The Morgan fingerprint density at radius 3 is 2.64 bits per heavy atom. The number of benzene rings is 1. The standard InChI is InChI=1S/C19H29ClN4O3.HI/c1-3-15(27-17-8-6-5-7-16(17)20)13-22-18(21)23-14-9-11-24(12-10-14)19(25)26-4-2;/h5-8,14-15H,3-4,9-13H2,1-2H3,(H3,21,22,23);1H. The highest BCUT2D eigenvalue weighted by Crippen LogP contribution is 2.24. The minimum Gasteiger partial charge on any atom is -0.487 e. The molecule has 0 aromatic heterocycles. The van der Waals surface area contributed by atoms with E-state index in [-0.39, 0.29) is 42.2 Å². The number of ether oxygens (including phenoxy) is 2. The summed E-state index contributed by atoms with van der Waals surface area (Å²) in [6.07, 6.45) is 2.06. The van der Waals surface area contributed by atoms with Crippen molar-refractivity contribution in [2.45, 2.75) is 45.3 Å². The number of aliphatic imine (C=N–C) groups is 1. The second kappa shape index (κ2) is 12.9. The zero-order chi connectivity index (χ0) is 19.6. The molecule has 7 nitrogen and oxygen atoms in total. The number of rotatable bonds is 7. The van der Waals surface area contributed by atoms with Gasteiger partial charge < -0.3 is 25.4 Å². The number of hydrogen-bond donors (Lipinski definition) is 2. The van der Waals surface area contributed by atoms with E-state index in [4.69, 9.17) is 26.8 Å². The van der Waals surface area contributed by atoms with Crippen LogP contribution in [0.4, 0.5) is 4.79 Å². The van der Waals surface area contributed by atoms with Gasteiger partial charge in [-0.05, 0) is 38.3 Å². The molecule has 1 aromatic rings. The Morgan fingerprint density at radius 1 is 1.36 bits per heavy atom. The molecule has 1 aromatic carbocycles. The number of piperidine rings is 1. The molecule has 1 saturated heterocycles. The third kappa shape index (κ3) is 7.90. The zero-order valence-corrected chi connectivity index (χ0v) is 19.5. The molecule has 1 aliphatic heterocycles. The maximum absolute atomic E-state index is 11.7. The van der Waals surface area contributed by atoms with Crippen molar-refractivity contribution in [1.82, 2.24) is 10.2 Å². The number of carbonyl (C=O) groups excluding carboxylic acids is 1. The molecule has 1 atom stereocenters. The monoisotopic (exact) mass is 524 g/mol. The molecule has 3 N–H and O–H groups in total. The van der Waals surface area contributed by atoms with E-state index < -0.39 is 0 Å². The molecule has 2 rings (SSSR count). The highest BCUT2D eigenvalue weighted by molar-refractivity contribution is 14.0. The second-order valence-corrected chi connectivity index (χ2v) is 6.82. The molecule has 28 heavy (non-hydrogen) atoms. The molecule has 1 aliphatic rings. The van der Waals surface area contributed by atoms with Gasteiger partial charge in [0.2, 0.25) is 0 Å². The molecule has 0 radical (unpaired) electrons. The smallest absolute Gasteiger partial charge is 0.409 e. The first kappa shape index (κ1) is 24.6. The van der Waals surface area contributed by atoms with Gasteiger partial charge in [0.25, 0.3) is 0 Å². The highest BCUT2D eigenvalue weighted by Gasteiger charge is 2.23. The second-order valence-electron chi connectivity index (χ2n) is 6.41. The molecule has 0 bridgehead atoms. The number of guanidine groups is 1. The molecule has 0 spiro atoms. The molecule has 1 amide bonds. The largest absolute Gasteiger partial charge is 0.487 e. The lowest BCUT2D eigenvalue weighted by Crippen LogP contribution is -2.48. The maximum Gasteiger partial charge on any atom is 0.409 e. The van der Waals surface area contributed by atoms with Crippen molar-refractivity contribution < 1.29 is 14.3 Å². The maximum atomic E-state index is 11.7. The topological polar surface area (TPSA) is 89.2 Å². The summed E-state index contributed by atoms with van der Waals surface area (Å²) in [4.78, 5) is 17.9. The van der Waals surface area contributed by atoms with Crippen molar-refractivity contribution in [3.63, 3.8) is 0 Å². The summed E-state index contributed by atoms with van der Waals surface area (Å²) in [6.45, 7) is 5.98. The first-order chi connectivity index (χ1) is 13.0. The molecular weight excluding hydrogens is 495 g/mol. The summed E-state index contributed by atoms with van der Waals surface area (Å²) >= 11 is 6.14. The number of nitrogens with zero attached hydrogens (tertiary/aromatic N) is 2. The first-order valence-corrected chi connectivity index (χ1v) is 9.80. The van der Waals surface area contributed by atoms with Gasteiger partial charge in [0.15, 0.2) is 5.96 Å². The summed E-state index contributed by atoms with van der Waals surface area (Å²) in [5.74, 6) is 1.05. The average Bonchev–Trinajstić information content (AvgIpc) is 2.67. The van der Waals surface area contributed by atoms with Gasteiger partial charge in [-0.15, -0.1) is 24.0 Å². The van der Waals surface area contributed by atoms with Gasteiger partial charge in [0.1, 0.15) is 11.9 Å². The van der Waals surface area contributed by atoms with Crippen LogP contribution in [0.15, 0.2) is 29.3 Å². The van der Waals surface area contributed by atoms with Crippen molar-refractivity contribution in [2.24, 2.45) is 10.7 Å². The number of nitrogens with one attached hydrogen (secondary N) is 1. The lowest BCUT2D eigenvalue weighted by Gasteiger charge is -2.31. The predicted molar refractivity (Wildman–Crippen MR) is 123 cm³/mol. The fourth-order valence-electron chi connectivity index (χ4n) is 2.85. The third-order valence-corrected chi connectivity index (χ3v) is 4.74. The Morgan fingerprint density at radius 2 is 2.04 bits per heavy atom. The van der Waals surface area contributed by atoms with E-state index in [1.807, 2.05) is 32.0 Å². The van der Waals surface area contributed by atoms with Crippen LogP contribution < -0.4 is 15.8 Å². The molecular formula is C19H30ClIN4O3. The Kier molecular flexibility index (Phi) is 11.4. The number of halogens is 2. The van der Waals surface area contributed by atoms with Crippen LogP contribution in [0.1, 0.15) is 33.1 Å². The minimum atomic E-state index is -0.250. The summed E-state index contributed by atoms with van der Waals surface area (Å²) in [6, 6.07) is 7.59. The van der Waals surface area contributed by atoms with E-state index in [0.717, 1.165) is 19.3 Å². The van der Waals surface area contributed by atoms with Crippen molar-refractivity contribution in [3.8, 4) is 5.75 Å². The van der Waals surface area contributed by atoms with Gasteiger partial charge in [-0.1, -0.05) is 30.7 Å². The van der Waals surface area contributed by atoms with Crippen LogP contribution in [0.5, 0.6) is 5.75 Å². The fourth-order valence-corrected chi connectivity index (χ4v) is 3.03. The average molecular weight is 525 g/mol. The van der Waals surface area contributed by atoms with Gasteiger partial charge in [0.05, 0.1) is 18.2 Å². The Labute approximate surface area is 189 Å². The number of likely N-dealkylation sites (tertiary alicyclic amines) is 1. The number of para-hydroxylation sites is 1. The summed E-state index contributed by atoms with van der Waals surface area (Å²) in [5.41, 5.74) is 6.03. The number of carbonyl (C=O) groups is 1. The summed E-state index contributed by atoms with van der Waals surface area (Å²) < 4.78 is 10.9. The highest BCUT2D eigenvalue weighted by atomic mass is 127. The van der Waals surface area contributed by atoms with Crippen LogP contribution in [0.3, 0.4) is 0 Å². The predicted octanol–water partition coefficient (Wildman–Crippen LogP) is 3.64. The van der Waals surface area contributed by atoms with Crippen LogP contribution in [-0.4, -0.2) is 55.3 Å². The van der Waals surface area contributed by atoms with E-state index in [2.05, 4.69) is 10.3 Å². The Bertz CT molecular complexity index is 639. The molecule has 1 heterocycles. The molecule has 9 heteroatoms. The molecule has 1 unspecified atom stereocenters. The van der Waals surface area contributed by atoms with Crippen molar-refractivity contribution >= 4 is 47.6 Å². The van der Waals surface area contributed by atoms with Crippen molar-refractivity contribution in [1.29, 1.82) is 0 Å². The van der Waals surface area contributed by atoms with Crippen LogP contribution in [0.2, 0.25) is 5.02 Å². The third-order valence-electron chi connectivity index (χ3n) is 4.42. The fraction of sp³-hybridized carbons (Fsp3) is 0.579.